The molecule has 172 valence electrons. The van der Waals surface area contributed by atoms with Gasteiger partial charge in [0.25, 0.3) is 5.69 Å². The number of benzene rings is 2. The molecule has 0 saturated heterocycles. The number of carbonyl (C=O) groups is 2. The number of nitrogens with one attached hydrogen (secondary N) is 1. The molecule has 0 aromatic heterocycles. The molecule has 0 radical (unpaired) electrons. The lowest BCUT2D eigenvalue weighted by Gasteiger charge is -2.28. The summed E-state index contributed by atoms with van der Waals surface area (Å²) in [6.07, 6.45) is 1.51. The van der Waals surface area contributed by atoms with Crippen LogP contribution in [-0.4, -0.2) is 30.1 Å². The van der Waals surface area contributed by atoms with E-state index in [2.05, 4.69) is 5.32 Å². The van der Waals surface area contributed by atoms with E-state index in [1.807, 2.05) is 0 Å². The standard InChI is InChI=1S/C24H23ClN2O6/c1-4-32-23(28)19-13-26-14(3)21(24(29)33-5-2)22(19)18-10-9-16(12-20(18)25)15-7-6-8-17(11-15)27(30)31/h6-13,22,26H,4-5H2,1-3H3. The lowest BCUT2D eigenvalue weighted by Crippen LogP contribution is -2.30. The summed E-state index contributed by atoms with van der Waals surface area (Å²) >= 11 is 6.65. The van der Waals surface area contributed by atoms with E-state index >= 15 is 0 Å². The number of nitrogens with zero attached hydrogens (tertiary/aromatic N) is 1. The first-order valence-corrected chi connectivity index (χ1v) is 10.7. The zero-order valence-corrected chi connectivity index (χ0v) is 19.1. The van der Waals surface area contributed by atoms with Crippen LogP contribution in [0.4, 0.5) is 5.69 Å². The summed E-state index contributed by atoms with van der Waals surface area (Å²) in [4.78, 5) is 36.2. The maximum atomic E-state index is 12.8. The highest BCUT2D eigenvalue weighted by Gasteiger charge is 2.37. The summed E-state index contributed by atoms with van der Waals surface area (Å²) in [5, 5.41) is 14.4. The molecule has 0 bridgehead atoms. The minimum Gasteiger partial charge on any atom is -0.463 e. The third-order valence-electron chi connectivity index (χ3n) is 5.16. The number of dihydropyridines is 1. The Balaban J connectivity index is 2.11. The van der Waals surface area contributed by atoms with Crippen LogP contribution in [0.15, 0.2) is 65.5 Å². The van der Waals surface area contributed by atoms with Gasteiger partial charge >= 0.3 is 11.9 Å². The fourth-order valence-corrected chi connectivity index (χ4v) is 3.94. The van der Waals surface area contributed by atoms with Crippen molar-refractivity contribution in [2.75, 3.05) is 13.2 Å². The lowest BCUT2D eigenvalue weighted by atomic mass is 9.81. The van der Waals surface area contributed by atoms with E-state index in [9.17, 15) is 19.7 Å². The number of halogens is 1. The number of rotatable bonds is 7. The van der Waals surface area contributed by atoms with Gasteiger partial charge in [0.15, 0.2) is 0 Å². The van der Waals surface area contributed by atoms with Gasteiger partial charge in [-0.3, -0.25) is 10.1 Å². The average Bonchev–Trinajstić information content (AvgIpc) is 2.79. The number of allylic oxidation sites excluding steroid dienone is 1. The summed E-state index contributed by atoms with van der Waals surface area (Å²) in [7, 11) is 0. The van der Waals surface area contributed by atoms with Crippen LogP contribution in [0.25, 0.3) is 11.1 Å². The molecule has 0 saturated carbocycles. The van der Waals surface area contributed by atoms with Gasteiger partial charge in [-0.05, 0) is 43.5 Å². The summed E-state index contributed by atoms with van der Waals surface area (Å²) in [5.41, 5.74) is 2.74. The molecule has 9 heteroatoms. The van der Waals surface area contributed by atoms with Crippen LogP contribution in [0.5, 0.6) is 0 Å². The third-order valence-corrected chi connectivity index (χ3v) is 5.48. The second-order valence-electron chi connectivity index (χ2n) is 7.20. The van der Waals surface area contributed by atoms with Gasteiger partial charge in [0.1, 0.15) is 0 Å². The fourth-order valence-electron chi connectivity index (χ4n) is 3.65. The summed E-state index contributed by atoms with van der Waals surface area (Å²) in [6.45, 7) is 5.43. The van der Waals surface area contributed by atoms with Crippen molar-refractivity contribution in [1.82, 2.24) is 5.32 Å². The Labute approximate surface area is 196 Å². The first-order valence-electron chi connectivity index (χ1n) is 10.3. The zero-order valence-electron chi connectivity index (χ0n) is 18.4. The predicted molar refractivity (Wildman–Crippen MR) is 123 cm³/mol. The van der Waals surface area contributed by atoms with Crippen molar-refractivity contribution in [3.05, 3.63) is 86.2 Å². The molecule has 0 spiro atoms. The van der Waals surface area contributed by atoms with Gasteiger partial charge in [-0.2, -0.15) is 0 Å². The van der Waals surface area contributed by atoms with Gasteiger partial charge in [-0.15, -0.1) is 0 Å². The zero-order chi connectivity index (χ0) is 24.1. The van der Waals surface area contributed by atoms with Crippen molar-refractivity contribution in [1.29, 1.82) is 0 Å². The van der Waals surface area contributed by atoms with Crippen LogP contribution < -0.4 is 5.32 Å². The van der Waals surface area contributed by atoms with Crippen LogP contribution in [0.3, 0.4) is 0 Å². The van der Waals surface area contributed by atoms with Crippen LogP contribution in [0.2, 0.25) is 5.02 Å². The molecule has 0 amide bonds. The average molecular weight is 471 g/mol. The van der Waals surface area contributed by atoms with Crippen molar-refractivity contribution >= 4 is 29.2 Å². The number of nitro benzene ring substituents is 1. The van der Waals surface area contributed by atoms with Gasteiger partial charge in [0, 0.05) is 29.1 Å². The number of hydrogen-bond acceptors (Lipinski definition) is 7. The maximum absolute atomic E-state index is 12.8. The quantitative estimate of drug-likeness (QED) is 0.349. The van der Waals surface area contributed by atoms with Crippen LogP contribution in [0, 0.1) is 10.1 Å². The van der Waals surface area contributed by atoms with E-state index in [-0.39, 0.29) is 35.1 Å². The molecule has 33 heavy (non-hydrogen) atoms. The molecule has 1 heterocycles. The molecule has 2 aromatic carbocycles. The van der Waals surface area contributed by atoms with Crippen molar-refractivity contribution in [2.45, 2.75) is 26.7 Å². The van der Waals surface area contributed by atoms with Crippen molar-refractivity contribution < 1.29 is 24.0 Å². The van der Waals surface area contributed by atoms with Crippen LogP contribution in [-0.2, 0) is 19.1 Å². The highest BCUT2D eigenvalue weighted by Crippen LogP contribution is 2.41. The molecular formula is C24H23ClN2O6. The molecule has 1 unspecified atom stereocenters. The van der Waals surface area contributed by atoms with Gasteiger partial charge in [0.05, 0.1) is 35.2 Å². The Morgan fingerprint density at radius 3 is 2.36 bits per heavy atom. The van der Waals surface area contributed by atoms with E-state index < -0.39 is 22.8 Å². The Morgan fingerprint density at radius 2 is 1.73 bits per heavy atom. The molecule has 8 nitrogen and oxygen atoms in total. The van der Waals surface area contributed by atoms with Crippen LogP contribution in [0.1, 0.15) is 32.3 Å². The SMILES string of the molecule is CCOC(=O)C1=CNC(C)=C(C(=O)OCC)C1c1ccc(-c2cccc([N+](=O)[O-])c2)cc1Cl. The number of carbonyl (C=O) groups excluding carboxylic acids is 2. The monoisotopic (exact) mass is 470 g/mol. The first kappa shape index (κ1) is 24.0. The predicted octanol–water partition coefficient (Wildman–Crippen LogP) is 4.89. The number of nitro groups is 1. The molecule has 0 fully saturated rings. The smallest absolute Gasteiger partial charge is 0.336 e. The van der Waals surface area contributed by atoms with E-state index in [0.29, 0.717) is 22.4 Å². The van der Waals surface area contributed by atoms with E-state index in [1.54, 1.807) is 51.1 Å². The first-order chi connectivity index (χ1) is 15.8. The summed E-state index contributed by atoms with van der Waals surface area (Å²) in [5.74, 6) is -1.96. The third kappa shape index (κ3) is 5.06. The summed E-state index contributed by atoms with van der Waals surface area (Å²) in [6, 6.07) is 11.3. The summed E-state index contributed by atoms with van der Waals surface area (Å²) < 4.78 is 10.4. The number of non-ortho nitro benzene ring substituents is 1. The largest absolute Gasteiger partial charge is 0.463 e. The van der Waals surface area contributed by atoms with Gasteiger partial charge < -0.3 is 14.8 Å². The van der Waals surface area contributed by atoms with E-state index in [0.717, 1.165) is 0 Å². The highest BCUT2D eigenvalue weighted by atomic mass is 35.5. The van der Waals surface area contributed by atoms with Crippen molar-refractivity contribution in [3.63, 3.8) is 0 Å². The van der Waals surface area contributed by atoms with Gasteiger partial charge in [-0.25, -0.2) is 9.59 Å². The normalized spacial score (nSPS) is 15.4. The molecule has 1 aliphatic heterocycles. The highest BCUT2D eigenvalue weighted by molar-refractivity contribution is 6.32. The number of hydrogen-bond donors (Lipinski definition) is 1. The maximum Gasteiger partial charge on any atom is 0.336 e. The Morgan fingerprint density at radius 1 is 1.06 bits per heavy atom. The second kappa shape index (κ2) is 10.3. The minimum absolute atomic E-state index is 0.0401. The molecule has 1 N–H and O–H groups in total. The number of ether oxygens (including phenoxy) is 2. The molecule has 0 aliphatic carbocycles. The van der Waals surface area contributed by atoms with Crippen molar-refractivity contribution in [2.24, 2.45) is 0 Å². The minimum atomic E-state index is -0.809. The Hall–Kier alpha value is -3.65. The second-order valence-corrected chi connectivity index (χ2v) is 7.61. The Bertz CT molecular complexity index is 1170. The van der Waals surface area contributed by atoms with Crippen LogP contribution >= 0.6 is 11.6 Å². The number of esters is 2. The molecule has 1 atom stereocenters. The van der Waals surface area contributed by atoms with Gasteiger partial charge in [0.2, 0.25) is 0 Å². The topological polar surface area (TPSA) is 108 Å². The van der Waals surface area contributed by atoms with E-state index in [4.69, 9.17) is 21.1 Å². The molecule has 3 rings (SSSR count). The molecular weight excluding hydrogens is 448 g/mol. The van der Waals surface area contributed by atoms with Crippen molar-refractivity contribution in [3.8, 4) is 11.1 Å². The van der Waals surface area contributed by atoms with Gasteiger partial charge in [-0.1, -0.05) is 35.9 Å². The Kier molecular flexibility index (Phi) is 7.50. The lowest BCUT2D eigenvalue weighted by molar-refractivity contribution is -0.384. The molecule has 1 aliphatic rings. The van der Waals surface area contributed by atoms with E-state index in [1.165, 1.54) is 18.3 Å². The molecule has 2 aromatic rings. The fraction of sp³-hybridized carbons (Fsp3) is 0.250.